The van der Waals surface area contributed by atoms with Crippen LogP contribution in [0.2, 0.25) is 5.02 Å². The fourth-order valence-electron chi connectivity index (χ4n) is 2.90. The third-order valence-corrected chi connectivity index (χ3v) is 5.62. The van der Waals surface area contributed by atoms with Gasteiger partial charge in [-0.05, 0) is 78.0 Å². The predicted octanol–water partition coefficient (Wildman–Crippen LogP) is 5.60. The second kappa shape index (κ2) is 9.89. The largest absolute Gasteiger partial charge is 0.493 e. The number of esters is 1. The van der Waals surface area contributed by atoms with Crippen molar-refractivity contribution >= 4 is 52.2 Å². The Morgan fingerprint density at radius 1 is 1.09 bits per heavy atom. The van der Waals surface area contributed by atoms with Crippen LogP contribution < -0.4 is 14.8 Å². The summed E-state index contributed by atoms with van der Waals surface area (Å²) in [6.07, 6.45) is 1.67. The van der Waals surface area contributed by atoms with Crippen molar-refractivity contribution < 1.29 is 23.5 Å². The van der Waals surface area contributed by atoms with Gasteiger partial charge in [0.15, 0.2) is 16.7 Å². The second-order valence-corrected chi connectivity index (χ2v) is 8.24. The highest BCUT2D eigenvalue weighted by Crippen LogP contribution is 2.33. The van der Waals surface area contributed by atoms with Crippen LogP contribution in [-0.4, -0.2) is 24.2 Å². The molecular formula is C24H16ClFN2O4S. The lowest BCUT2D eigenvalue weighted by Crippen LogP contribution is -2.19. The minimum atomic E-state index is -0.715. The summed E-state index contributed by atoms with van der Waals surface area (Å²) in [6, 6.07) is 17.0. The summed E-state index contributed by atoms with van der Waals surface area (Å²) in [5.41, 5.74) is 1.40. The van der Waals surface area contributed by atoms with Crippen molar-refractivity contribution in [2.24, 2.45) is 4.99 Å². The summed E-state index contributed by atoms with van der Waals surface area (Å²) in [5, 5.41) is 3.76. The van der Waals surface area contributed by atoms with Crippen LogP contribution in [0.25, 0.3) is 6.08 Å². The number of rotatable bonds is 5. The molecule has 0 spiro atoms. The Labute approximate surface area is 198 Å². The molecule has 1 fully saturated rings. The van der Waals surface area contributed by atoms with Crippen LogP contribution in [-0.2, 0) is 4.79 Å². The molecule has 0 aliphatic carbocycles. The zero-order chi connectivity index (χ0) is 23.4. The molecule has 0 saturated carbocycles. The Hall–Kier alpha value is -3.62. The molecule has 0 bridgehead atoms. The molecule has 3 aromatic rings. The number of amides is 1. The number of nitrogens with zero attached hydrogens (tertiary/aromatic N) is 1. The molecule has 0 unspecified atom stereocenters. The minimum absolute atomic E-state index is 0.0785. The highest BCUT2D eigenvalue weighted by Gasteiger charge is 2.24. The Balaban J connectivity index is 1.52. The van der Waals surface area contributed by atoms with Gasteiger partial charge >= 0.3 is 5.97 Å². The van der Waals surface area contributed by atoms with Gasteiger partial charge in [0.1, 0.15) is 5.82 Å². The van der Waals surface area contributed by atoms with Gasteiger partial charge in [0, 0.05) is 5.02 Å². The third kappa shape index (κ3) is 5.60. The molecule has 1 heterocycles. The quantitative estimate of drug-likeness (QED) is 0.291. The van der Waals surface area contributed by atoms with Gasteiger partial charge in [0.2, 0.25) is 0 Å². The Morgan fingerprint density at radius 2 is 1.88 bits per heavy atom. The smallest absolute Gasteiger partial charge is 0.343 e. The summed E-state index contributed by atoms with van der Waals surface area (Å²) in [5.74, 6) is -1.08. The maximum Gasteiger partial charge on any atom is 0.343 e. The number of carbonyl (C=O) groups excluding carboxylic acids is 2. The van der Waals surface area contributed by atoms with Crippen LogP contribution in [0.1, 0.15) is 15.9 Å². The topological polar surface area (TPSA) is 77.0 Å². The molecule has 1 saturated heterocycles. The lowest BCUT2D eigenvalue weighted by molar-refractivity contribution is -0.115. The molecule has 166 valence electrons. The molecule has 1 amide bonds. The molecule has 33 heavy (non-hydrogen) atoms. The van der Waals surface area contributed by atoms with E-state index < -0.39 is 11.8 Å². The molecule has 1 aliphatic rings. The first-order valence-electron chi connectivity index (χ1n) is 9.62. The van der Waals surface area contributed by atoms with Gasteiger partial charge < -0.3 is 14.8 Å². The fraction of sp³-hybridized carbons (Fsp3) is 0.0417. The first-order chi connectivity index (χ1) is 15.9. The van der Waals surface area contributed by atoms with Crippen molar-refractivity contribution in [3.05, 3.63) is 93.6 Å². The molecule has 3 aromatic carbocycles. The molecule has 0 radical (unpaired) electrons. The van der Waals surface area contributed by atoms with Crippen LogP contribution >= 0.6 is 23.4 Å². The average molecular weight is 483 g/mol. The number of aliphatic imine (C=N–C) groups is 1. The number of carbonyl (C=O) groups is 2. The van der Waals surface area contributed by atoms with E-state index in [2.05, 4.69) is 10.3 Å². The summed E-state index contributed by atoms with van der Waals surface area (Å²) in [6.45, 7) is 0. The van der Waals surface area contributed by atoms with Crippen molar-refractivity contribution in [3.8, 4) is 11.5 Å². The number of methoxy groups -OCH3 is 1. The molecule has 0 aromatic heterocycles. The molecule has 9 heteroatoms. The van der Waals surface area contributed by atoms with E-state index >= 15 is 0 Å². The summed E-state index contributed by atoms with van der Waals surface area (Å²) in [4.78, 5) is 29.5. The first kappa shape index (κ1) is 22.6. The predicted molar refractivity (Wildman–Crippen MR) is 127 cm³/mol. The van der Waals surface area contributed by atoms with Gasteiger partial charge in [-0.25, -0.2) is 14.2 Å². The first-order valence-corrected chi connectivity index (χ1v) is 10.8. The standard InChI is InChI=1S/C24H16ClFN2O4S/c1-31-20-11-14(5-10-19(20)32-23(30)15-3-2-4-17(26)13-15)12-21-22(29)28-24(33-21)27-18-8-6-16(25)7-9-18/h2-13H,1H3,(H,27,28,29)/b21-12-. The van der Waals surface area contributed by atoms with Gasteiger partial charge in [-0.3, -0.25) is 4.79 Å². The Bertz CT molecular complexity index is 1290. The molecule has 0 atom stereocenters. The number of halogens is 2. The van der Waals surface area contributed by atoms with Crippen LogP contribution in [0, 0.1) is 5.82 Å². The number of nitrogens with one attached hydrogen (secondary N) is 1. The van der Waals surface area contributed by atoms with Gasteiger partial charge in [-0.2, -0.15) is 0 Å². The minimum Gasteiger partial charge on any atom is -0.493 e. The van der Waals surface area contributed by atoms with Crippen molar-refractivity contribution in [3.63, 3.8) is 0 Å². The van der Waals surface area contributed by atoms with Gasteiger partial charge in [0.05, 0.1) is 23.3 Å². The fourth-order valence-corrected chi connectivity index (χ4v) is 3.87. The Kier molecular flexibility index (Phi) is 6.76. The normalized spacial score (nSPS) is 15.5. The molecular weight excluding hydrogens is 467 g/mol. The van der Waals surface area contributed by atoms with Crippen LogP contribution in [0.4, 0.5) is 10.1 Å². The highest BCUT2D eigenvalue weighted by atomic mass is 35.5. The van der Waals surface area contributed by atoms with Gasteiger partial charge in [-0.1, -0.05) is 23.7 Å². The van der Waals surface area contributed by atoms with Crippen LogP contribution in [0.5, 0.6) is 11.5 Å². The van der Waals surface area contributed by atoms with Crippen molar-refractivity contribution in [2.45, 2.75) is 0 Å². The Morgan fingerprint density at radius 3 is 2.61 bits per heavy atom. The van der Waals surface area contributed by atoms with Gasteiger partial charge in [0.25, 0.3) is 5.91 Å². The number of hydrogen-bond acceptors (Lipinski definition) is 6. The third-order valence-electron chi connectivity index (χ3n) is 4.46. The van der Waals surface area contributed by atoms with E-state index in [1.54, 1.807) is 48.5 Å². The van der Waals surface area contributed by atoms with E-state index in [0.29, 0.717) is 26.3 Å². The van der Waals surface area contributed by atoms with Crippen molar-refractivity contribution in [2.75, 3.05) is 7.11 Å². The van der Waals surface area contributed by atoms with E-state index in [1.807, 2.05) is 0 Å². The van der Waals surface area contributed by atoms with Gasteiger partial charge in [-0.15, -0.1) is 0 Å². The number of thioether (sulfide) groups is 1. The van der Waals surface area contributed by atoms with Crippen LogP contribution in [0.3, 0.4) is 0 Å². The zero-order valence-electron chi connectivity index (χ0n) is 17.2. The van der Waals surface area contributed by atoms with E-state index in [9.17, 15) is 14.0 Å². The number of hydrogen-bond donors (Lipinski definition) is 1. The lowest BCUT2D eigenvalue weighted by atomic mass is 10.1. The molecule has 6 nitrogen and oxygen atoms in total. The zero-order valence-corrected chi connectivity index (χ0v) is 18.7. The van der Waals surface area contributed by atoms with Crippen LogP contribution in [0.15, 0.2) is 76.6 Å². The molecule has 1 N–H and O–H groups in total. The number of benzene rings is 3. The lowest BCUT2D eigenvalue weighted by Gasteiger charge is -2.10. The maximum atomic E-state index is 13.4. The van der Waals surface area contributed by atoms with E-state index in [1.165, 1.54) is 37.1 Å². The molecule has 1 aliphatic heterocycles. The van der Waals surface area contributed by atoms with Crippen molar-refractivity contribution in [1.82, 2.24) is 5.32 Å². The average Bonchev–Trinajstić information content (AvgIpc) is 3.14. The summed E-state index contributed by atoms with van der Waals surface area (Å²) >= 11 is 7.08. The highest BCUT2D eigenvalue weighted by molar-refractivity contribution is 8.18. The maximum absolute atomic E-state index is 13.4. The van der Waals surface area contributed by atoms with E-state index in [4.69, 9.17) is 21.1 Å². The summed E-state index contributed by atoms with van der Waals surface area (Å²) in [7, 11) is 1.43. The SMILES string of the molecule is COc1cc(/C=C2\SC(=Nc3ccc(Cl)cc3)NC2=O)ccc1OC(=O)c1cccc(F)c1. The van der Waals surface area contributed by atoms with E-state index in [0.717, 1.165) is 6.07 Å². The number of ether oxygens (including phenoxy) is 2. The second-order valence-electron chi connectivity index (χ2n) is 6.77. The number of amidine groups is 1. The monoisotopic (exact) mass is 482 g/mol. The summed E-state index contributed by atoms with van der Waals surface area (Å²) < 4.78 is 24.0. The molecule has 4 rings (SSSR count). The van der Waals surface area contributed by atoms with E-state index in [-0.39, 0.29) is 23.0 Å². The van der Waals surface area contributed by atoms with Crippen molar-refractivity contribution in [1.29, 1.82) is 0 Å².